The highest BCUT2D eigenvalue weighted by Gasteiger charge is 2.14. The first-order chi connectivity index (χ1) is 15.2. The number of pyridine rings is 1. The number of aromatic nitrogens is 4. The van der Waals surface area contributed by atoms with Gasteiger partial charge in [0, 0.05) is 30.3 Å². The molecule has 0 saturated heterocycles. The lowest BCUT2D eigenvalue weighted by Gasteiger charge is -2.11. The highest BCUT2D eigenvalue weighted by atomic mass is 32.2. The summed E-state index contributed by atoms with van der Waals surface area (Å²) in [4.78, 5) is 16.8. The molecule has 0 saturated carbocycles. The van der Waals surface area contributed by atoms with Gasteiger partial charge in [-0.1, -0.05) is 60.3 Å². The predicted molar refractivity (Wildman–Crippen MR) is 122 cm³/mol. The summed E-state index contributed by atoms with van der Waals surface area (Å²) in [7, 11) is 0. The fourth-order valence-electron chi connectivity index (χ4n) is 3.20. The molecule has 0 radical (unpaired) electrons. The third-order valence-corrected chi connectivity index (χ3v) is 5.92. The topological polar surface area (TPSA) is 72.7 Å². The van der Waals surface area contributed by atoms with Crippen molar-refractivity contribution < 1.29 is 4.79 Å². The Balaban J connectivity index is 1.44. The first kappa shape index (κ1) is 20.8. The lowest BCUT2D eigenvalue weighted by molar-refractivity contribution is 0.0950. The van der Waals surface area contributed by atoms with E-state index in [0.29, 0.717) is 17.9 Å². The summed E-state index contributed by atoms with van der Waals surface area (Å²) in [6.45, 7) is 3.14. The Morgan fingerprint density at radius 3 is 2.48 bits per heavy atom. The van der Waals surface area contributed by atoms with Crippen molar-refractivity contribution in [3.05, 3.63) is 107 Å². The Bertz CT molecular complexity index is 1150. The van der Waals surface area contributed by atoms with E-state index in [1.165, 1.54) is 5.56 Å². The van der Waals surface area contributed by atoms with Crippen LogP contribution in [0.4, 0.5) is 0 Å². The molecular formula is C24H23N5OS. The molecule has 156 valence electrons. The normalized spacial score (nSPS) is 10.7. The predicted octanol–water partition coefficient (Wildman–Crippen LogP) is 4.25. The molecule has 2 aromatic heterocycles. The molecule has 2 heterocycles. The highest BCUT2D eigenvalue weighted by Crippen LogP contribution is 2.24. The number of nitrogens with zero attached hydrogens (tertiary/aromatic N) is 4. The first-order valence-corrected chi connectivity index (χ1v) is 11.0. The number of nitrogens with one attached hydrogen (secondary N) is 1. The van der Waals surface area contributed by atoms with Gasteiger partial charge in [0.25, 0.3) is 5.91 Å². The summed E-state index contributed by atoms with van der Waals surface area (Å²) in [6, 6.07) is 21.7. The molecule has 0 aliphatic heterocycles. The van der Waals surface area contributed by atoms with Crippen molar-refractivity contribution >= 4 is 17.7 Å². The molecule has 0 fully saturated rings. The monoisotopic (exact) mass is 429 g/mol. The van der Waals surface area contributed by atoms with Crippen LogP contribution in [-0.4, -0.2) is 25.7 Å². The Hall–Kier alpha value is -3.45. The number of amides is 1. The van der Waals surface area contributed by atoms with Crippen LogP contribution in [0.3, 0.4) is 0 Å². The molecule has 1 amide bonds. The molecule has 0 aliphatic rings. The van der Waals surface area contributed by atoms with Crippen LogP contribution in [0.25, 0.3) is 0 Å². The van der Waals surface area contributed by atoms with Gasteiger partial charge in [0.05, 0.1) is 6.54 Å². The Kier molecular flexibility index (Phi) is 6.74. The second-order valence-corrected chi connectivity index (χ2v) is 8.03. The van der Waals surface area contributed by atoms with Crippen molar-refractivity contribution in [3.8, 4) is 0 Å². The molecular weight excluding hydrogens is 406 g/mol. The molecule has 0 atom stereocenters. The van der Waals surface area contributed by atoms with Crippen molar-refractivity contribution in [2.75, 3.05) is 0 Å². The summed E-state index contributed by atoms with van der Waals surface area (Å²) in [6.07, 6.45) is 3.44. The van der Waals surface area contributed by atoms with Crippen LogP contribution in [0.5, 0.6) is 0 Å². The van der Waals surface area contributed by atoms with E-state index in [4.69, 9.17) is 0 Å². The molecule has 0 bridgehead atoms. The number of aryl methyl sites for hydroxylation is 1. The van der Waals surface area contributed by atoms with Crippen LogP contribution in [-0.2, 0) is 18.8 Å². The number of benzene rings is 2. The summed E-state index contributed by atoms with van der Waals surface area (Å²) in [5.41, 5.74) is 3.85. The largest absolute Gasteiger partial charge is 0.348 e. The van der Waals surface area contributed by atoms with Crippen molar-refractivity contribution in [1.29, 1.82) is 0 Å². The molecule has 0 aliphatic carbocycles. The van der Waals surface area contributed by atoms with Gasteiger partial charge in [0.2, 0.25) is 0 Å². The maximum atomic E-state index is 12.8. The minimum absolute atomic E-state index is 0.0880. The van der Waals surface area contributed by atoms with Gasteiger partial charge in [-0.15, -0.1) is 10.2 Å². The maximum Gasteiger partial charge on any atom is 0.251 e. The van der Waals surface area contributed by atoms with Crippen LogP contribution in [0.1, 0.15) is 32.9 Å². The van der Waals surface area contributed by atoms with E-state index in [1.807, 2.05) is 61.5 Å². The second-order valence-electron chi connectivity index (χ2n) is 7.09. The molecule has 4 aromatic rings. The standard InChI is InChI=1S/C24H23N5OS/c1-18-27-28-24(29(18)16-20-7-3-2-4-8-20)31-17-21-9-5-6-10-22(21)23(30)26-15-19-11-13-25-14-12-19/h2-14H,15-17H2,1H3,(H,26,30). The molecule has 6 nitrogen and oxygen atoms in total. The minimum Gasteiger partial charge on any atom is -0.348 e. The van der Waals surface area contributed by atoms with E-state index in [2.05, 4.69) is 37.2 Å². The Labute approximate surface area is 185 Å². The van der Waals surface area contributed by atoms with E-state index >= 15 is 0 Å². The summed E-state index contributed by atoms with van der Waals surface area (Å²) in [5.74, 6) is 1.41. The van der Waals surface area contributed by atoms with Crippen LogP contribution >= 0.6 is 11.8 Å². The van der Waals surface area contributed by atoms with E-state index in [1.54, 1.807) is 24.2 Å². The van der Waals surface area contributed by atoms with E-state index in [0.717, 1.165) is 28.7 Å². The van der Waals surface area contributed by atoms with Gasteiger partial charge in [0.15, 0.2) is 5.16 Å². The van der Waals surface area contributed by atoms with Crippen molar-refractivity contribution in [1.82, 2.24) is 25.1 Å². The van der Waals surface area contributed by atoms with Gasteiger partial charge in [0.1, 0.15) is 5.82 Å². The van der Waals surface area contributed by atoms with Gasteiger partial charge in [-0.3, -0.25) is 9.78 Å². The molecule has 0 unspecified atom stereocenters. The quantitative estimate of drug-likeness (QED) is 0.424. The zero-order valence-electron chi connectivity index (χ0n) is 17.2. The fourth-order valence-corrected chi connectivity index (χ4v) is 4.19. The van der Waals surface area contributed by atoms with E-state index in [-0.39, 0.29) is 5.91 Å². The third kappa shape index (κ3) is 5.38. The van der Waals surface area contributed by atoms with E-state index in [9.17, 15) is 4.79 Å². The Morgan fingerprint density at radius 2 is 1.68 bits per heavy atom. The van der Waals surface area contributed by atoms with Crippen molar-refractivity contribution in [3.63, 3.8) is 0 Å². The zero-order chi connectivity index (χ0) is 21.5. The lowest BCUT2D eigenvalue weighted by atomic mass is 10.1. The smallest absolute Gasteiger partial charge is 0.251 e. The van der Waals surface area contributed by atoms with Crippen molar-refractivity contribution in [2.45, 2.75) is 30.9 Å². The number of thioether (sulfide) groups is 1. The van der Waals surface area contributed by atoms with Gasteiger partial charge in [-0.05, 0) is 41.8 Å². The number of hydrogen-bond donors (Lipinski definition) is 1. The fraction of sp³-hybridized carbons (Fsp3) is 0.167. The minimum atomic E-state index is -0.0880. The van der Waals surface area contributed by atoms with Crippen LogP contribution < -0.4 is 5.32 Å². The number of rotatable bonds is 8. The number of hydrogen-bond acceptors (Lipinski definition) is 5. The third-order valence-electron chi connectivity index (χ3n) is 4.91. The van der Waals surface area contributed by atoms with Gasteiger partial charge < -0.3 is 9.88 Å². The zero-order valence-corrected chi connectivity index (χ0v) is 18.0. The van der Waals surface area contributed by atoms with Crippen LogP contribution in [0.2, 0.25) is 0 Å². The molecule has 7 heteroatoms. The van der Waals surface area contributed by atoms with Gasteiger partial charge in [-0.2, -0.15) is 0 Å². The second kappa shape index (κ2) is 10.0. The molecule has 31 heavy (non-hydrogen) atoms. The highest BCUT2D eigenvalue weighted by molar-refractivity contribution is 7.98. The van der Waals surface area contributed by atoms with Crippen molar-refractivity contribution in [2.24, 2.45) is 0 Å². The molecule has 1 N–H and O–H groups in total. The molecule has 4 rings (SSSR count). The SMILES string of the molecule is Cc1nnc(SCc2ccccc2C(=O)NCc2ccncc2)n1Cc1ccccc1. The molecule has 0 spiro atoms. The number of carbonyl (C=O) groups excluding carboxylic acids is 1. The van der Waals surface area contributed by atoms with Gasteiger partial charge in [-0.25, -0.2) is 0 Å². The summed E-state index contributed by atoms with van der Waals surface area (Å²) < 4.78 is 2.10. The average Bonchev–Trinajstić information content (AvgIpc) is 3.16. The van der Waals surface area contributed by atoms with Crippen LogP contribution in [0.15, 0.2) is 84.3 Å². The van der Waals surface area contributed by atoms with E-state index < -0.39 is 0 Å². The first-order valence-electron chi connectivity index (χ1n) is 10.0. The molecule has 2 aromatic carbocycles. The lowest BCUT2D eigenvalue weighted by Crippen LogP contribution is -2.23. The maximum absolute atomic E-state index is 12.8. The van der Waals surface area contributed by atoms with Crippen LogP contribution in [0, 0.1) is 6.92 Å². The average molecular weight is 430 g/mol. The summed E-state index contributed by atoms with van der Waals surface area (Å²) in [5, 5.41) is 12.4. The number of carbonyl (C=O) groups is 1. The van der Waals surface area contributed by atoms with Gasteiger partial charge >= 0.3 is 0 Å². The Morgan fingerprint density at radius 1 is 0.935 bits per heavy atom. The summed E-state index contributed by atoms with van der Waals surface area (Å²) >= 11 is 1.59.